The fourth-order valence-electron chi connectivity index (χ4n) is 1.59. The topological polar surface area (TPSA) is 98.5 Å². The molecule has 0 spiro atoms. The normalized spacial score (nSPS) is 10.9. The van der Waals surface area contributed by atoms with Gasteiger partial charge < -0.3 is 10.1 Å². The highest BCUT2D eigenvalue weighted by molar-refractivity contribution is 5.99. The quantitative estimate of drug-likeness (QED) is 0.522. The van der Waals surface area contributed by atoms with Gasteiger partial charge in [-0.25, -0.2) is 4.79 Å². The van der Waals surface area contributed by atoms with E-state index in [1.165, 1.54) is 6.07 Å². The third-order valence-electron chi connectivity index (χ3n) is 2.39. The zero-order chi connectivity index (χ0) is 16.2. The van der Waals surface area contributed by atoms with Crippen molar-refractivity contribution in [3.05, 3.63) is 39.4 Å². The number of nitro benzene ring substituents is 1. The minimum Gasteiger partial charge on any atom is -0.462 e. The van der Waals surface area contributed by atoms with E-state index in [-0.39, 0.29) is 23.4 Å². The van der Waals surface area contributed by atoms with Crippen LogP contribution in [0.2, 0.25) is 0 Å². The lowest BCUT2D eigenvalue weighted by atomic mass is 10.1. The zero-order valence-corrected chi connectivity index (χ0v) is 12.4. The summed E-state index contributed by atoms with van der Waals surface area (Å²) < 4.78 is 4.81. The third-order valence-corrected chi connectivity index (χ3v) is 2.39. The molecular weight excluding hydrogens is 276 g/mol. The highest BCUT2D eigenvalue weighted by Crippen LogP contribution is 2.19. The van der Waals surface area contributed by atoms with E-state index in [4.69, 9.17) is 4.74 Å². The number of carbonyl (C=O) groups excluding carboxylic acids is 2. The Labute approximate surface area is 122 Å². The monoisotopic (exact) mass is 294 g/mol. The molecule has 0 heterocycles. The Morgan fingerprint density at radius 3 is 2.29 bits per heavy atom. The number of benzene rings is 1. The first-order valence-corrected chi connectivity index (χ1v) is 6.43. The summed E-state index contributed by atoms with van der Waals surface area (Å²) in [6, 6.07) is 3.50. The van der Waals surface area contributed by atoms with Crippen molar-refractivity contribution in [2.75, 3.05) is 6.61 Å². The predicted octanol–water partition coefficient (Wildman–Crippen LogP) is 2.30. The maximum Gasteiger partial charge on any atom is 0.338 e. The molecule has 0 bridgehead atoms. The van der Waals surface area contributed by atoms with Crippen LogP contribution in [0.25, 0.3) is 0 Å². The van der Waals surface area contributed by atoms with Gasteiger partial charge in [0.2, 0.25) is 0 Å². The second-order valence-electron chi connectivity index (χ2n) is 5.45. The van der Waals surface area contributed by atoms with Crippen LogP contribution in [0.3, 0.4) is 0 Å². The van der Waals surface area contributed by atoms with Gasteiger partial charge in [0, 0.05) is 23.2 Å². The Balaban J connectivity index is 3.22. The SMILES string of the molecule is CCOC(=O)c1cc(C(=O)NC(C)(C)C)cc([N+](=O)[O-])c1. The lowest BCUT2D eigenvalue weighted by molar-refractivity contribution is -0.384. The number of nitro groups is 1. The Hall–Kier alpha value is -2.44. The molecule has 1 aromatic rings. The number of non-ortho nitro benzene ring substituents is 1. The number of ether oxygens (including phenoxy) is 1. The summed E-state index contributed by atoms with van der Waals surface area (Å²) in [4.78, 5) is 34.0. The minimum atomic E-state index is -0.703. The van der Waals surface area contributed by atoms with Crippen molar-refractivity contribution in [1.82, 2.24) is 5.32 Å². The van der Waals surface area contributed by atoms with Crippen LogP contribution in [0.4, 0.5) is 5.69 Å². The van der Waals surface area contributed by atoms with Gasteiger partial charge >= 0.3 is 5.97 Å². The van der Waals surface area contributed by atoms with Gasteiger partial charge in [0.25, 0.3) is 11.6 Å². The molecule has 0 fully saturated rings. The zero-order valence-electron chi connectivity index (χ0n) is 12.4. The Morgan fingerprint density at radius 1 is 1.24 bits per heavy atom. The maximum absolute atomic E-state index is 12.1. The largest absolute Gasteiger partial charge is 0.462 e. The molecule has 7 heteroatoms. The summed E-state index contributed by atoms with van der Waals surface area (Å²) in [6.07, 6.45) is 0. The first-order valence-electron chi connectivity index (χ1n) is 6.43. The van der Waals surface area contributed by atoms with Gasteiger partial charge in [-0.1, -0.05) is 0 Å². The van der Waals surface area contributed by atoms with E-state index in [1.54, 1.807) is 27.7 Å². The van der Waals surface area contributed by atoms with Crippen LogP contribution in [0.5, 0.6) is 0 Å². The number of rotatable bonds is 4. The number of nitrogens with one attached hydrogen (secondary N) is 1. The van der Waals surface area contributed by atoms with Crippen molar-refractivity contribution in [2.24, 2.45) is 0 Å². The number of nitrogens with zero attached hydrogens (tertiary/aromatic N) is 1. The molecule has 1 N–H and O–H groups in total. The molecule has 21 heavy (non-hydrogen) atoms. The van der Waals surface area contributed by atoms with Crippen LogP contribution in [-0.4, -0.2) is 28.9 Å². The minimum absolute atomic E-state index is 0.0230. The van der Waals surface area contributed by atoms with Crippen LogP contribution in [0.15, 0.2) is 18.2 Å². The number of hydrogen-bond acceptors (Lipinski definition) is 5. The smallest absolute Gasteiger partial charge is 0.338 e. The van der Waals surface area contributed by atoms with E-state index in [2.05, 4.69) is 5.32 Å². The van der Waals surface area contributed by atoms with Gasteiger partial charge in [-0.3, -0.25) is 14.9 Å². The summed E-state index contributed by atoms with van der Waals surface area (Å²) in [7, 11) is 0. The fourth-order valence-corrected chi connectivity index (χ4v) is 1.59. The third kappa shape index (κ3) is 4.87. The maximum atomic E-state index is 12.1. The molecule has 0 aromatic heterocycles. The Bertz CT molecular complexity index is 575. The molecule has 0 atom stereocenters. The lowest BCUT2D eigenvalue weighted by Gasteiger charge is -2.20. The van der Waals surface area contributed by atoms with E-state index < -0.39 is 22.3 Å². The molecule has 0 aliphatic heterocycles. The molecule has 7 nitrogen and oxygen atoms in total. The Morgan fingerprint density at radius 2 is 1.81 bits per heavy atom. The summed E-state index contributed by atoms with van der Waals surface area (Å²) in [5.41, 5.74) is -0.807. The van der Waals surface area contributed by atoms with E-state index in [1.807, 2.05) is 0 Å². The highest BCUT2D eigenvalue weighted by Gasteiger charge is 2.21. The average molecular weight is 294 g/mol. The number of amides is 1. The van der Waals surface area contributed by atoms with E-state index >= 15 is 0 Å². The van der Waals surface area contributed by atoms with Crippen molar-refractivity contribution in [2.45, 2.75) is 33.2 Å². The van der Waals surface area contributed by atoms with Crippen LogP contribution in [0, 0.1) is 10.1 Å². The van der Waals surface area contributed by atoms with Crippen LogP contribution >= 0.6 is 0 Å². The van der Waals surface area contributed by atoms with E-state index in [0.717, 1.165) is 12.1 Å². The van der Waals surface area contributed by atoms with Crippen LogP contribution in [0.1, 0.15) is 48.4 Å². The molecule has 1 aromatic carbocycles. The second kappa shape index (κ2) is 6.34. The van der Waals surface area contributed by atoms with Gasteiger partial charge in [0.05, 0.1) is 17.1 Å². The van der Waals surface area contributed by atoms with Crippen LogP contribution < -0.4 is 5.32 Å². The van der Waals surface area contributed by atoms with Crippen molar-refractivity contribution >= 4 is 17.6 Å². The van der Waals surface area contributed by atoms with Gasteiger partial charge in [0.1, 0.15) is 0 Å². The molecule has 114 valence electrons. The van der Waals surface area contributed by atoms with Gasteiger partial charge in [-0.2, -0.15) is 0 Å². The molecule has 0 radical (unpaired) electrons. The number of carbonyl (C=O) groups is 2. The number of esters is 1. The predicted molar refractivity (Wildman–Crippen MR) is 76.3 cm³/mol. The van der Waals surface area contributed by atoms with Crippen LogP contribution in [-0.2, 0) is 4.74 Å². The van der Waals surface area contributed by atoms with E-state index in [0.29, 0.717) is 0 Å². The summed E-state index contributed by atoms with van der Waals surface area (Å²) >= 11 is 0. The van der Waals surface area contributed by atoms with Crippen molar-refractivity contribution in [1.29, 1.82) is 0 Å². The molecule has 0 saturated heterocycles. The number of hydrogen-bond donors (Lipinski definition) is 1. The average Bonchev–Trinajstić information content (AvgIpc) is 2.36. The lowest BCUT2D eigenvalue weighted by Crippen LogP contribution is -2.40. The standard InChI is InChI=1S/C14H18N2O5/c1-5-21-13(18)10-6-9(7-11(8-10)16(19)20)12(17)15-14(2,3)4/h6-8H,5H2,1-4H3,(H,15,17). The second-order valence-corrected chi connectivity index (χ2v) is 5.45. The molecule has 1 rings (SSSR count). The molecule has 0 aliphatic rings. The summed E-state index contributed by atoms with van der Waals surface area (Å²) in [5.74, 6) is -1.19. The van der Waals surface area contributed by atoms with Crippen molar-refractivity contribution in [3.8, 4) is 0 Å². The van der Waals surface area contributed by atoms with Crippen molar-refractivity contribution < 1.29 is 19.2 Å². The first kappa shape index (κ1) is 16.6. The molecule has 0 unspecified atom stereocenters. The molecular formula is C14H18N2O5. The highest BCUT2D eigenvalue weighted by atomic mass is 16.6. The molecule has 0 aliphatic carbocycles. The van der Waals surface area contributed by atoms with Crippen molar-refractivity contribution in [3.63, 3.8) is 0 Å². The Kier molecular flexibility index (Phi) is 5.02. The van der Waals surface area contributed by atoms with Gasteiger partial charge in [-0.05, 0) is 33.8 Å². The summed E-state index contributed by atoms with van der Waals surface area (Å²) in [6.45, 7) is 7.13. The fraction of sp³-hybridized carbons (Fsp3) is 0.429. The molecule has 0 saturated carbocycles. The molecule has 1 amide bonds. The van der Waals surface area contributed by atoms with Gasteiger partial charge in [0.15, 0.2) is 0 Å². The van der Waals surface area contributed by atoms with Gasteiger partial charge in [-0.15, -0.1) is 0 Å². The first-order chi connectivity index (χ1) is 9.64. The van der Waals surface area contributed by atoms with E-state index in [9.17, 15) is 19.7 Å². The summed E-state index contributed by atoms with van der Waals surface area (Å²) in [5, 5.41) is 13.6.